The van der Waals surface area contributed by atoms with Crippen LogP contribution in [0, 0.1) is 12.1 Å². The normalized spacial score (nSPS) is 13.0. The molecule has 0 unspecified atom stereocenters. The number of hydrogen-bond acceptors (Lipinski definition) is 4. The molecule has 0 aromatic heterocycles. The Balaban J connectivity index is 0.000000221. The Morgan fingerprint density at radius 1 is 0.309 bits per heavy atom. The number of nitrogens with one attached hydrogen (secondary N) is 2. The molecule has 2 aliphatic rings. The van der Waals surface area contributed by atoms with E-state index in [0.717, 1.165) is 11.4 Å². The van der Waals surface area contributed by atoms with Gasteiger partial charge in [0, 0.05) is 79.0 Å². The molecule has 0 heterocycles. The van der Waals surface area contributed by atoms with E-state index < -0.39 is 15.8 Å². The van der Waals surface area contributed by atoms with Crippen molar-refractivity contribution < 1.29 is 42.6 Å². The fraction of sp³-hybridized carbons (Fsp3) is 0.140. The van der Waals surface area contributed by atoms with Crippen molar-refractivity contribution >= 4 is 70.6 Å². The van der Waals surface area contributed by atoms with E-state index in [1.165, 1.54) is 54.1 Å². The second-order valence-corrected chi connectivity index (χ2v) is 27.5. The first-order valence-electron chi connectivity index (χ1n) is 31.7. The van der Waals surface area contributed by atoms with E-state index in [-0.39, 0.29) is 44.5 Å². The summed E-state index contributed by atoms with van der Waals surface area (Å²) >= 11 is 0. The number of Topliss-reactive ketones (excluding diaryl/α,β-unsaturated/α-hetero) is 2. The molecule has 2 N–H and O–H groups in total. The van der Waals surface area contributed by atoms with Crippen molar-refractivity contribution in [1.29, 1.82) is 0 Å². The topological polar surface area (TPSA) is 58.2 Å². The largest absolute Gasteiger partial charge is 0.360 e. The van der Waals surface area contributed by atoms with Crippen LogP contribution in [0.3, 0.4) is 0 Å². The van der Waals surface area contributed by atoms with Crippen molar-refractivity contribution in [2.24, 2.45) is 0 Å². The maximum absolute atomic E-state index is 13.7. The van der Waals surface area contributed by atoms with Gasteiger partial charge < -0.3 is 10.6 Å². The van der Waals surface area contributed by atoms with Gasteiger partial charge in [-0.15, -0.1) is 0 Å². The van der Waals surface area contributed by atoms with Crippen molar-refractivity contribution in [2.45, 2.75) is 79.1 Å². The molecule has 8 heteroatoms. The average Bonchev–Trinajstić information content (AvgIpc) is 0.919. The summed E-state index contributed by atoms with van der Waals surface area (Å²) in [7, 11) is -0.892. The molecule has 0 amide bonds. The summed E-state index contributed by atoms with van der Waals surface area (Å²) in [4.78, 5) is 27.3. The van der Waals surface area contributed by atoms with Crippen LogP contribution in [-0.4, -0.2) is 11.6 Å². The summed E-state index contributed by atoms with van der Waals surface area (Å²) in [6, 6.07) is 102. The van der Waals surface area contributed by atoms with Gasteiger partial charge in [-0.1, -0.05) is 298 Å². The third kappa shape index (κ3) is 21.8. The molecule has 12 rings (SSSR count). The number of allylic oxidation sites excluding steroid dienone is 10. The Bertz CT molecular complexity index is 3500. The Hall–Kier alpha value is -8.57. The van der Waals surface area contributed by atoms with Crippen LogP contribution in [0.4, 0.5) is 11.4 Å². The van der Waals surface area contributed by atoms with E-state index in [2.05, 4.69) is 297 Å². The molecule has 0 bridgehead atoms. The van der Waals surface area contributed by atoms with Crippen LogP contribution in [0.2, 0.25) is 0 Å². The van der Waals surface area contributed by atoms with Crippen molar-refractivity contribution in [1.82, 2.24) is 0 Å². The van der Waals surface area contributed by atoms with Crippen LogP contribution in [0.1, 0.15) is 101 Å². The monoisotopic (exact) mass is 1350 g/mol. The third-order valence-corrected chi connectivity index (χ3v) is 20.1. The van der Waals surface area contributed by atoms with E-state index in [9.17, 15) is 9.59 Å². The maximum Gasteiger partial charge on any atom is 0.195 e. The van der Waals surface area contributed by atoms with E-state index in [0.29, 0.717) is 46.0 Å². The fourth-order valence-corrected chi connectivity index (χ4v) is 15.1. The number of rotatable bonds is 15. The van der Waals surface area contributed by atoms with Gasteiger partial charge in [0.1, 0.15) is 0 Å². The molecule has 94 heavy (non-hydrogen) atoms. The number of benzene rings is 10. The molecule has 10 aromatic carbocycles. The van der Waals surface area contributed by atoms with E-state index in [1.807, 2.05) is 72.8 Å². The van der Waals surface area contributed by atoms with Crippen molar-refractivity contribution in [3.05, 3.63) is 385 Å². The van der Waals surface area contributed by atoms with Gasteiger partial charge in [0.25, 0.3) is 0 Å². The zero-order chi connectivity index (χ0) is 64.9. The quantitative estimate of drug-likeness (QED) is 0.0465. The summed E-state index contributed by atoms with van der Waals surface area (Å²) in [5, 5.41) is 15.3. The maximum atomic E-state index is 13.7. The first-order chi connectivity index (χ1) is 44.9. The van der Waals surface area contributed by atoms with Gasteiger partial charge in [-0.2, -0.15) is 72.8 Å². The Labute approximate surface area is 583 Å². The number of ketones is 2. The standard InChI is InChI=1S/C38H44N2O2.2C18H15P.2C6H5.2Ni/c1-23(2)29-15-11-16-30(24(3)4)35(29)39-21-27-13-9-19-33(37(27)41)34-20-10-14-28(38(34)42)22-40-36-31(25(5)6)17-12-18-32(36)26(7)8;2*1-4-10-16(11-5-1)19(17-12-6-2-7-13-17)18-14-8-3-9-15-18;2*1-2-4-6-5-3-1;;/h9-26,39-40H,1-8H3;2*1-15H;2*1-5H;;/q;;;2*-1;;/b27-21-,28-22-;;;;;;. The molecule has 0 aliphatic heterocycles. The van der Waals surface area contributed by atoms with Gasteiger partial charge >= 0.3 is 0 Å². The molecule has 0 radical (unpaired) electrons. The predicted octanol–water partition coefficient (Wildman–Crippen LogP) is 19.5. The molecule has 0 atom stereocenters. The first-order valence-corrected chi connectivity index (χ1v) is 34.4. The van der Waals surface area contributed by atoms with Gasteiger partial charge in [-0.3, -0.25) is 9.59 Å². The second kappa shape index (κ2) is 39.9. The van der Waals surface area contributed by atoms with E-state index >= 15 is 0 Å². The molecule has 2 aliphatic carbocycles. The number of carbonyl (C=O) groups excluding carboxylic acids is 2. The summed E-state index contributed by atoms with van der Waals surface area (Å²) in [6.45, 7) is 17.4. The molecule has 0 spiro atoms. The summed E-state index contributed by atoms with van der Waals surface area (Å²) in [6.07, 6.45) is 14.3. The molecule has 0 fully saturated rings. The van der Waals surface area contributed by atoms with E-state index in [4.69, 9.17) is 0 Å². The Morgan fingerprint density at radius 2 is 0.532 bits per heavy atom. The molecule has 4 nitrogen and oxygen atoms in total. The number of carbonyl (C=O) groups is 2. The fourth-order valence-electron chi connectivity index (χ4n) is 10.5. The van der Waals surface area contributed by atoms with Gasteiger partial charge in [-0.05, 0) is 106 Å². The van der Waals surface area contributed by atoms with Crippen LogP contribution >= 0.6 is 15.8 Å². The van der Waals surface area contributed by atoms with Crippen LogP contribution in [0.15, 0.2) is 350 Å². The Kier molecular flexibility index (Phi) is 31.6. The first kappa shape index (κ1) is 74.5. The van der Waals surface area contributed by atoms with E-state index in [1.54, 1.807) is 36.7 Å². The third-order valence-electron chi connectivity index (χ3n) is 15.2. The van der Waals surface area contributed by atoms with Crippen molar-refractivity contribution in [2.75, 3.05) is 10.6 Å². The minimum absolute atomic E-state index is 0. The molecular weight excluding hydrogens is 1270 g/mol. The zero-order valence-electron chi connectivity index (χ0n) is 54.8. The Morgan fingerprint density at radius 3 is 0.723 bits per heavy atom. The summed E-state index contributed by atoms with van der Waals surface area (Å²) in [5.41, 5.74) is 8.74. The number of para-hydroxylation sites is 2. The van der Waals surface area contributed by atoms with Gasteiger partial charge in [0.05, 0.1) is 0 Å². The van der Waals surface area contributed by atoms with Crippen molar-refractivity contribution in [3.8, 4) is 0 Å². The van der Waals surface area contributed by atoms with Gasteiger partial charge in [0.2, 0.25) is 0 Å². The van der Waals surface area contributed by atoms with Crippen LogP contribution in [-0.2, 0) is 42.6 Å². The van der Waals surface area contributed by atoms with Crippen LogP contribution in [0.5, 0.6) is 0 Å². The minimum Gasteiger partial charge on any atom is -0.360 e. The van der Waals surface area contributed by atoms with Gasteiger partial charge in [-0.25, -0.2) is 0 Å². The molecule has 0 saturated heterocycles. The average molecular weight is 1360 g/mol. The number of anilines is 2. The minimum atomic E-state index is -0.446. The summed E-state index contributed by atoms with van der Waals surface area (Å²) < 4.78 is 0. The summed E-state index contributed by atoms with van der Waals surface area (Å²) in [5.74, 6) is 0.977. The van der Waals surface area contributed by atoms with Crippen molar-refractivity contribution in [3.63, 3.8) is 0 Å². The van der Waals surface area contributed by atoms with Gasteiger partial charge in [0.15, 0.2) is 11.6 Å². The second-order valence-electron chi connectivity index (χ2n) is 23.1. The molecule has 10 aromatic rings. The molecule has 0 saturated carbocycles. The smallest absolute Gasteiger partial charge is 0.195 e. The zero-order valence-corrected chi connectivity index (χ0v) is 58.6. The SMILES string of the molecule is CC(C)c1cccc(C(C)C)c1N/C=C1/C=CC=C(C2=CC=C/C(=C/Nc3c(C(C)C)cccc3C(C)C)C2=O)C1=O.[Ni].[Ni].[c-]1ccccc1.[c-]1ccccc1.c1ccc(P(c2ccccc2)c2ccccc2)cc1.c1ccc(P(c2ccccc2)c2ccccc2)cc1. The van der Waals surface area contributed by atoms with Crippen LogP contribution < -0.4 is 42.5 Å². The molecule has 482 valence electrons. The molecular formula is C86H84N2Ni2O2P2-2. The predicted molar refractivity (Wildman–Crippen MR) is 398 cm³/mol. The van der Waals surface area contributed by atoms with Crippen LogP contribution in [0.25, 0.3) is 0 Å². The number of hydrogen-bond donors (Lipinski definition) is 2.